The summed E-state index contributed by atoms with van der Waals surface area (Å²) in [6.45, 7) is 4.16. The van der Waals surface area contributed by atoms with E-state index in [0.29, 0.717) is 29.3 Å². The average molecular weight is 432 g/mol. The molecule has 2 aromatic heterocycles. The molecule has 0 saturated heterocycles. The number of nitrogens with two attached hydrogens (primary N) is 1. The second-order valence-electron chi connectivity index (χ2n) is 6.64. The molecule has 0 aliphatic carbocycles. The number of anilines is 1. The molecule has 11 nitrogen and oxygen atoms in total. The summed E-state index contributed by atoms with van der Waals surface area (Å²) in [4.78, 5) is 13.0. The van der Waals surface area contributed by atoms with Crippen molar-refractivity contribution in [3.63, 3.8) is 0 Å². The number of nitrogens with one attached hydrogen (secondary N) is 1. The van der Waals surface area contributed by atoms with Crippen molar-refractivity contribution < 1.29 is 14.2 Å². The Hall–Kier alpha value is -4.54. The predicted molar refractivity (Wildman–Crippen MR) is 116 cm³/mol. The molecule has 1 amide bonds. The number of nitrogens with zero attached hydrogens (tertiary/aromatic N) is 6. The van der Waals surface area contributed by atoms with Crippen molar-refractivity contribution in [2.75, 3.05) is 12.3 Å². The molecule has 0 aliphatic heterocycles. The van der Waals surface area contributed by atoms with Crippen molar-refractivity contribution in [1.29, 1.82) is 0 Å². The normalized spacial score (nSPS) is 11.4. The Balaban J connectivity index is 1.74. The van der Waals surface area contributed by atoms with Crippen molar-refractivity contribution in [2.24, 2.45) is 5.10 Å². The summed E-state index contributed by atoms with van der Waals surface area (Å²) in [7, 11) is 0. The lowest BCUT2D eigenvalue weighted by atomic mass is 10.1. The third-order valence-electron chi connectivity index (χ3n) is 4.52. The zero-order chi connectivity index (χ0) is 22.5. The second kappa shape index (κ2) is 9.08. The summed E-state index contributed by atoms with van der Waals surface area (Å²) in [5.41, 5.74) is 10.8. The fourth-order valence-corrected chi connectivity index (χ4v) is 3.01. The zero-order valence-electron chi connectivity index (χ0n) is 17.4. The van der Waals surface area contributed by atoms with Gasteiger partial charge in [-0.15, -0.1) is 5.10 Å². The molecule has 0 fully saturated rings. The molecule has 2 heterocycles. The van der Waals surface area contributed by atoms with Crippen LogP contribution in [0.3, 0.4) is 0 Å². The maximum atomic E-state index is 13.0. The van der Waals surface area contributed by atoms with Crippen LogP contribution in [0.4, 0.5) is 5.82 Å². The largest absolute Gasteiger partial charge is 0.494 e. The highest BCUT2D eigenvalue weighted by molar-refractivity contribution is 6.02. The van der Waals surface area contributed by atoms with Crippen molar-refractivity contribution in [2.45, 2.75) is 13.8 Å². The second-order valence-corrected chi connectivity index (χ2v) is 6.64. The van der Waals surface area contributed by atoms with Crippen LogP contribution in [0.1, 0.15) is 29.9 Å². The first-order valence-corrected chi connectivity index (χ1v) is 9.76. The van der Waals surface area contributed by atoms with Gasteiger partial charge in [0, 0.05) is 5.56 Å². The van der Waals surface area contributed by atoms with E-state index in [1.807, 2.05) is 37.3 Å². The van der Waals surface area contributed by atoms with Crippen molar-refractivity contribution >= 4 is 17.4 Å². The van der Waals surface area contributed by atoms with Crippen LogP contribution >= 0.6 is 0 Å². The Labute approximate surface area is 182 Å². The number of aromatic nitrogens is 5. The number of carbonyl (C=O) groups is 1. The lowest BCUT2D eigenvalue weighted by Crippen LogP contribution is -2.21. The van der Waals surface area contributed by atoms with E-state index < -0.39 is 5.91 Å². The Morgan fingerprint density at radius 2 is 2.00 bits per heavy atom. The third-order valence-corrected chi connectivity index (χ3v) is 4.52. The topological polar surface area (TPSA) is 146 Å². The number of hydrogen-bond donors (Lipinski definition) is 2. The molecule has 3 N–H and O–H groups in total. The van der Waals surface area contributed by atoms with Gasteiger partial charge in [0.05, 0.1) is 12.3 Å². The molecular weight excluding hydrogens is 412 g/mol. The number of benzene rings is 2. The number of carbonyl (C=O) groups excluding carboxylic acids is 1. The first-order chi connectivity index (χ1) is 15.6. The van der Waals surface area contributed by atoms with E-state index in [-0.39, 0.29) is 17.3 Å². The number of rotatable bonds is 7. The van der Waals surface area contributed by atoms with Crippen LogP contribution in [0.25, 0.3) is 17.1 Å². The standard InChI is InChI=1S/C21H20N8O3/c1-3-31-16-11-7-10-15(12-16)18-17(24-28-29(18)20-19(22)26-32-27-20)21(30)25-23-13(2)14-8-5-4-6-9-14/h4-12H,3H2,1-2H3,(H2,22,26)(H,25,30). The summed E-state index contributed by atoms with van der Waals surface area (Å²) in [6, 6.07) is 16.6. The fraction of sp³-hybridized carbons (Fsp3) is 0.143. The molecule has 4 aromatic rings. The smallest absolute Gasteiger partial charge is 0.294 e. The first kappa shape index (κ1) is 20.7. The quantitative estimate of drug-likeness (QED) is 0.334. The Morgan fingerprint density at radius 3 is 2.72 bits per heavy atom. The molecule has 0 bridgehead atoms. The SMILES string of the molecule is CCOc1cccc(-c2c(C(=O)NN=C(C)c3ccccc3)nnn2-c2nonc2N)c1. The maximum absolute atomic E-state index is 13.0. The molecule has 11 heteroatoms. The van der Waals surface area contributed by atoms with Gasteiger partial charge in [-0.3, -0.25) is 4.79 Å². The highest BCUT2D eigenvalue weighted by Gasteiger charge is 2.25. The molecule has 32 heavy (non-hydrogen) atoms. The van der Waals surface area contributed by atoms with Crippen LogP contribution in [0, 0.1) is 0 Å². The molecular formula is C21H20N8O3. The Kier molecular flexibility index (Phi) is 5.88. The third kappa shape index (κ3) is 4.17. The number of hydrazone groups is 1. The summed E-state index contributed by atoms with van der Waals surface area (Å²) in [5, 5.41) is 19.6. The Bertz CT molecular complexity index is 1260. The molecule has 162 valence electrons. The summed E-state index contributed by atoms with van der Waals surface area (Å²) >= 11 is 0. The number of nitrogen functional groups attached to an aromatic ring is 1. The molecule has 0 saturated carbocycles. The minimum absolute atomic E-state index is 0.00186. The van der Waals surface area contributed by atoms with E-state index in [0.717, 1.165) is 5.56 Å². The van der Waals surface area contributed by atoms with Crippen LogP contribution in [-0.4, -0.2) is 43.5 Å². The number of ether oxygens (including phenoxy) is 1. The minimum Gasteiger partial charge on any atom is -0.494 e. The van der Waals surface area contributed by atoms with E-state index in [2.05, 4.69) is 35.8 Å². The van der Waals surface area contributed by atoms with Crippen LogP contribution in [0.15, 0.2) is 64.3 Å². The highest BCUT2D eigenvalue weighted by Crippen LogP contribution is 2.29. The molecule has 0 radical (unpaired) electrons. The summed E-state index contributed by atoms with van der Waals surface area (Å²) < 4.78 is 11.6. The van der Waals surface area contributed by atoms with Gasteiger partial charge < -0.3 is 10.5 Å². The van der Waals surface area contributed by atoms with Gasteiger partial charge in [0.25, 0.3) is 5.91 Å². The van der Waals surface area contributed by atoms with E-state index >= 15 is 0 Å². The van der Waals surface area contributed by atoms with Crippen molar-refractivity contribution in [3.8, 4) is 22.8 Å². The van der Waals surface area contributed by atoms with Gasteiger partial charge in [0.15, 0.2) is 5.69 Å². The minimum atomic E-state index is -0.557. The van der Waals surface area contributed by atoms with Crippen LogP contribution in [0.5, 0.6) is 5.75 Å². The van der Waals surface area contributed by atoms with Gasteiger partial charge in [0.1, 0.15) is 11.4 Å². The lowest BCUT2D eigenvalue weighted by molar-refractivity contribution is 0.0950. The monoisotopic (exact) mass is 432 g/mol. The first-order valence-electron chi connectivity index (χ1n) is 9.76. The molecule has 0 aliphatic rings. The fourth-order valence-electron chi connectivity index (χ4n) is 3.01. The highest BCUT2D eigenvalue weighted by atomic mass is 16.6. The Morgan fingerprint density at radius 1 is 1.19 bits per heavy atom. The van der Waals surface area contributed by atoms with Crippen LogP contribution in [-0.2, 0) is 0 Å². The molecule has 2 aromatic carbocycles. The molecule has 0 spiro atoms. The van der Waals surface area contributed by atoms with Crippen molar-refractivity contribution in [3.05, 3.63) is 65.9 Å². The van der Waals surface area contributed by atoms with Gasteiger partial charge in [-0.2, -0.15) is 9.78 Å². The average Bonchev–Trinajstić information content (AvgIpc) is 3.44. The van der Waals surface area contributed by atoms with Crippen LogP contribution in [0.2, 0.25) is 0 Å². The lowest BCUT2D eigenvalue weighted by Gasteiger charge is -2.08. The van der Waals surface area contributed by atoms with Crippen molar-refractivity contribution in [1.82, 2.24) is 30.7 Å². The van der Waals surface area contributed by atoms with Gasteiger partial charge in [-0.1, -0.05) is 47.7 Å². The zero-order valence-corrected chi connectivity index (χ0v) is 17.4. The van der Waals surface area contributed by atoms with Crippen LogP contribution < -0.4 is 15.9 Å². The molecule has 0 atom stereocenters. The predicted octanol–water partition coefficient (Wildman–Crippen LogP) is 2.45. The summed E-state index contributed by atoms with van der Waals surface area (Å²) in [6.07, 6.45) is 0. The number of amides is 1. The van der Waals surface area contributed by atoms with Gasteiger partial charge >= 0.3 is 0 Å². The van der Waals surface area contributed by atoms with Gasteiger partial charge in [0.2, 0.25) is 11.6 Å². The molecule has 0 unspecified atom stereocenters. The van der Waals surface area contributed by atoms with Gasteiger partial charge in [-0.05, 0) is 41.9 Å². The maximum Gasteiger partial charge on any atom is 0.294 e. The summed E-state index contributed by atoms with van der Waals surface area (Å²) in [5.74, 6) is 0.172. The van der Waals surface area contributed by atoms with E-state index in [1.165, 1.54) is 4.68 Å². The number of hydrogen-bond acceptors (Lipinski definition) is 9. The molecule has 4 rings (SSSR count). The van der Waals surface area contributed by atoms with E-state index in [9.17, 15) is 4.79 Å². The van der Waals surface area contributed by atoms with E-state index in [4.69, 9.17) is 10.5 Å². The van der Waals surface area contributed by atoms with Gasteiger partial charge in [-0.25, -0.2) is 10.1 Å². The van der Waals surface area contributed by atoms with E-state index in [1.54, 1.807) is 31.2 Å².